The maximum absolute atomic E-state index is 13.0. The zero-order valence-corrected chi connectivity index (χ0v) is 12.9. The maximum Gasteiger partial charge on any atom is 0.123 e. The molecule has 0 heterocycles. The second-order valence-corrected chi connectivity index (χ2v) is 6.55. The normalized spacial score (nSPS) is 18.4. The molecule has 1 aromatic carbocycles. The predicted molar refractivity (Wildman–Crippen MR) is 83.3 cm³/mol. The molecule has 2 heteroatoms. The van der Waals surface area contributed by atoms with Crippen molar-refractivity contribution in [3.05, 3.63) is 35.6 Å². The minimum absolute atomic E-state index is 0.136. The van der Waals surface area contributed by atoms with Gasteiger partial charge in [0.05, 0.1) is 0 Å². The summed E-state index contributed by atoms with van der Waals surface area (Å²) in [7, 11) is 0. The van der Waals surface area contributed by atoms with E-state index in [2.05, 4.69) is 19.2 Å². The van der Waals surface area contributed by atoms with E-state index in [1.807, 2.05) is 12.1 Å². The highest BCUT2D eigenvalue weighted by Gasteiger charge is 2.23. The standard InChI is InChI=1S/C18H28FN/c1-14(2)20-13-17(16-6-4-3-5-7-16)12-15-8-10-18(19)11-9-15/h8-11,14,16-17,20H,3-7,12-13H2,1-2H3. The van der Waals surface area contributed by atoms with Gasteiger partial charge in [-0.05, 0) is 42.5 Å². The van der Waals surface area contributed by atoms with Crippen LogP contribution in [-0.2, 0) is 6.42 Å². The van der Waals surface area contributed by atoms with Gasteiger partial charge in [0.15, 0.2) is 0 Å². The summed E-state index contributed by atoms with van der Waals surface area (Å²) in [4.78, 5) is 0. The van der Waals surface area contributed by atoms with E-state index in [4.69, 9.17) is 0 Å². The molecule has 1 atom stereocenters. The van der Waals surface area contributed by atoms with Crippen molar-refractivity contribution in [1.82, 2.24) is 5.32 Å². The van der Waals surface area contributed by atoms with E-state index in [1.54, 1.807) is 12.1 Å². The first kappa shape index (κ1) is 15.5. The van der Waals surface area contributed by atoms with Gasteiger partial charge in [-0.3, -0.25) is 0 Å². The summed E-state index contributed by atoms with van der Waals surface area (Å²) >= 11 is 0. The van der Waals surface area contributed by atoms with E-state index >= 15 is 0 Å². The van der Waals surface area contributed by atoms with Crippen LogP contribution in [0.4, 0.5) is 4.39 Å². The average Bonchev–Trinajstić information content (AvgIpc) is 2.46. The van der Waals surface area contributed by atoms with Gasteiger partial charge in [-0.1, -0.05) is 58.1 Å². The van der Waals surface area contributed by atoms with Crippen LogP contribution < -0.4 is 5.32 Å². The molecule has 1 saturated carbocycles. The van der Waals surface area contributed by atoms with Gasteiger partial charge < -0.3 is 5.32 Å². The Morgan fingerprint density at radius 3 is 2.35 bits per heavy atom. The number of hydrogen-bond acceptors (Lipinski definition) is 1. The SMILES string of the molecule is CC(C)NCC(Cc1ccc(F)cc1)C1CCCCC1. The van der Waals surface area contributed by atoms with Crippen LogP contribution in [0.3, 0.4) is 0 Å². The van der Waals surface area contributed by atoms with Gasteiger partial charge in [0.25, 0.3) is 0 Å². The van der Waals surface area contributed by atoms with Crippen molar-refractivity contribution < 1.29 is 4.39 Å². The molecular weight excluding hydrogens is 249 g/mol. The van der Waals surface area contributed by atoms with Gasteiger partial charge in [0, 0.05) is 6.04 Å². The number of halogens is 1. The van der Waals surface area contributed by atoms with Crippen molar-refractivity contribution in [1.29, 1.82) is 0 Å². The fourth-order valence-electron chi connectivity index (χ4n) is 3.32. The first-order valence-electron chi connectivity index (χ1n) is 8.13. The third-order valence-electron chi connectivity index (χ3n) is 4.52. The van der Waals surface area contributed by atoms with Crippen LogP contribution in [0.2, 0.25) is 0 Å². The molecule has 0 aromatic heterocycles. The zero-order chi connectivity index (χ0) is 14.4. The van der Waals surface area contributed by atoms with Gasteiger partial charge in [0.1, 0.15) is 5.82 Å². The van der Waals surface area contributed by atoms with Crippen LogP contribution in [0.5, 0.6) is 0 Å². The Kier molecular flexibility index (Phi) is 6.03. The Balaban J connectivity index is 1.98. The van der Waals surface area contributed by atoms with Gasteiger partial charge >= 0.3 is 0 Å². The summed E-state index contributed by atoms with van der Waals surface area (Å²) in [5.74, 6) is 1.38. The summed E-state index contributed by atoms with van der Waals surface area (Å²) in [6.45, 7) is 5.49. The first-order valence-corrected chi connectivity index (χ1v) is 8.13. The van der Waals surface area contributed by atoms with Gasteiger partial charge in [0.2, 0.25) is 0 Å². The van der Waals surface area contributed by atoms with Crippen molar-refractivity contribution in [2.75, 3.05) is 6.54 Å². The Morgan fingerprint density at radius 2 is 1.75 bits per heavy atom. The molecule has 1 fully saturated rings. The Labute approximate surface area is 123 Å². The lowest BCUT2D eigenvalue weighted by Crippen LogP contribution is -2.34. The molecule has 0 radical (unpaired) electrons. The predicted octanol–water partition coefficient (Wildman–Crippen LogP) is 4.56. The summed E-state index contributed by atoms with van der Waals surface area (Å²) in [6, 6.07) is 7.60. The smallest absolute Gasteiger partial charge is 0.123 e. The molecule has 1 nitrogen and oxygen atoms in total. The molecule has 0 bridgehead atoms. The van der Waals surface area contributed by atoms with Crippen molar-refractivity contribution in [3.8, 4) is 0 Å². The van der Waals surface area contributed by atoms with Crippen molar-refractivity contribution >= 4 is 0 Å². The highest BCUT2D eigenvalue weighted by molar-refractivity contribution is 5.17. The first-order chi connectivity index (χ1) is 9.65. The molecule has 1 aromatic rings. The lowest BCUT2D eigenvalue weighted by molar-refractivity contribution is 0.236. The minimum atomic E-state index is -0.136. The fraction of sp³-hybridized carbons (Fsp3) is 0.667. The summed E-state index contributed by atoms with van der Waals surface area (Å²) in [5, 5.41) is 3.60. The lowest BCUT2D eigenvalue weighted by Gasteiger charge is -2.31. The lowest BCUT2D eigenvalue weighted by atomic mass is 9.77. The molecule has 0 amide bonds. The van der Waals surface area contributed by atoms with Crippen LogP contribution >= 0.6 is 0 Å². The monoisotopic (exact) mass is 277 g/mol. The molecule has 0 spiro atoms. The molecule has 2 rings (SSSR count). The Bertz CT molecular complexity index is 379. The third-order valence-corrected chi connectivity index (χ3v) is 4.52. The second kappa shape index (κ2) is 7.78. The maximum atomic E-state index is 13.0. The van der Waals surface area contributed by atoms with E-state index in [0.717, 1.165) is 18.9 Å². The van der Waals surface area contributed by atoms with Crippen LogP contribution in [-0.4, -0.2) is 12.6 Å². The molecule has 0 aliphatic heterocycles. The highest BCUT2D eigenvalue weighted by atomic mass is 19.1. The molecule has 20 heavy (non-hydrogen) atoms. The van der Waals surface area contributed by atoms with Crippen LogP contribution in [0, 0.1) is 17.7 Å². The number of benzene rings is 1. The number of hydrogen-bond donors (Lipinski definition) is 1. The Hall–Kier alpha value is -0.890. The quantitative estimate of drug-likeness (QED) is 0.803. The highest BCUT2D eigenvalue weighted by Crippen LogP contribution is 2.31. The molecule has 1 N–H and O–H groups in total. The van der Waals surface area contributed by atoms with Crippen molar-refractivity contribution in [2.24, 2.45) is 11.8 Å². The van der Waals surface area contributed by atoms with Crippen LogP contribution in [0.15, 0.2) is 24.3 Å². The van der Waals surface area contributed by atoms with Gasteiger partial charge in [-0.25, -0.2) is 4.39 Å². The molecular formula is C18H28FN. The van der Waals surface area contributed by atoms with E-state index < -0.39 is 0 Å². The molecule has 0 saturated heterocycles. The van der Waals surface area contributed by atoms with E-state index in [-0.39, 0.29) is 5.82 Å². The minimum Gasteiger partial charge on any atom is -0.314 e. The number of nitrogens with one attached hydrogen (secondary N) is 1. The average molecular weight is 277 g/mol. The van der Waals surface area contributed by atoms with E-state index in [9.17, 15) is 4.39 Å². The van der Waals surface area contributed by atoms with Crippen molar-refractivity contribution in [3.63, 3.8) is 0 Å². The van der Waals surface area contributed by atoms with E-state index in [0.29, 0.717) is 12.0 Å². The van der Waals surface area contributed by atoms with E-state index in [1.165, 1.54) is 37.7 Å². The van der Waals surface area contributed by atoms with Gasteiger partial charge in [-0.2, -0.15) is 0 Å². The summed E-state index contributed by atoms with van der Waals surface area (Å²) < 4.78 is 13.0. The topological polar surface area (TPSA) is 12.0 Å². The third kappa shape index (κ3) is 4.90. The number of rotatable bonds is 6. The molecule has 1 unspecified atom stereocenters. The molecule has 112 valence electrons. The van der Waals surface area contributed by atoms with Crippen LogP contribution in [0.1, 0.15) is 51.5 Å². The van der Waals surface area contributed by atoms with Gasteiger partial charge in [-0.15, -0.1) is 0 Å². The largest absolute Gasteiger partial charge is 0.314 e. The summed E-state index contributed by atoms with van der Waals surface area (Å²) in [5.41, 5.74) is 1.27. The Morgan fingerprint density at radius 1 is 1.10 bits per heavy atom. The van der Waals surface area contributed by atoms with Crippen molar-refractivity contribution in [2.45, 2.75) is 58.4 Å². The fourth-order valence-corrected chi connectivity index (χ4v) is 3.32. The molecule has 1 aliphatic carbocycles. The molecule has 1 aliphatic rings. The second-order valence-electron chi connectivity index (χ2n) is 6.55. The zero-order valence-electron chi connectivity index (χ0n) is 12.9. The summed E-state index contributed by atoms with van der Waals surface area (Å²) in [6.07, 6.45) is 7.97. The van der Waals surface area contributed by atoms with Crippen LogP contribution in [0.25, 0.3) is 0 Å².